The van der Waals surface area contributed by atoms with Gasteiger partial charge in [0.15, 0.2) is 0 Å². The van der Waals surface area contributed by atoms with Gasteiger partial charge < -0.3 is 9.13 Å². The van der Waals surface area contributed by atoms with E-state index in [0.29, 0.717) is 0 Å². The number of nitrogens with zero attached hydrogens (tertiary/aromatic N) is 2. The molecule has 0 radical (unpaired) electrons. The van der Waals surface area contributed by atoms with Crippen LogP contribution >= 0.6 is 0 Å². The molecule has 0 bridgehead atoms. The van der Waals surface area contributed by atoms with Crippen LogP contribution in [-0.4, -0.2) is 9.13 Å². The third-order valence-corrected chi connectivity index (χ3v) is 10.4. The van der Waals surface area contributed by atoms with E-state index >= 15 is 0 Å². The summed E-state index contributed by atoms with van der Waals surface area (Å²) in [5.41, 5.74) is 13.6. The Bertz CT molecular complexity index is 2670. The molecule has 2 heterocycles. The van der Waals surface area contributed by atoms with Crippen LogP contribution < -0.4 is 0 Å². The van der Waals surface area contributed by atoms with E-state index in [1.807, 2.05) is 0 Å². The van der Waals surface area contributed by atoms with Crippen LogP contribution in [0.3, 0.4) is 0 Å². The average molecular weight is 639 g/mol. The largest absolute Gasteiger partial charge is 0.310 e. The quantitative estimate of drug-likeness (QED) is 0.178. The summed E-state index contributed by atoms with van der Waals surface area (Å²) in [7, 11) is 0. The molecule has 0 saturated heterocycles. The smallest absolute Gasteiger partial charge is 0.0541 e. The predicted molar refractivity (Wildman–Crippen MR) is 212 cm³/mol. The van der Waals surface area contributed by atoms with Gasteiger partial charge in [-0.1, -0.05) is 140 Å². The summed E-state index contributed by atoms with van der Waals surface area (Å²) in [5, 5.41) is 5.15. The Labute approximate surface area is 291 Å². The van der Waals surface area contributed by atoms with Crippen molar-refractivity contribution in [1.29, 1.82) is 0 Å². The number of para-hydroxylation sites is 4. The van der Waals surface area contributed by atoms with Crippen LogP contribution in [0.4, 0.5) is 0 Å². The summed E-state index contributed by atoms with van der Waals surface area (Å²) in [6, 6.07) is 61.9. The summed E-state index contributed by atoms with van der Waals surface area (Å²) >= 11 is 0. The van der Waals surface area contributed by atoms with E-state index in [1.165, 1.54) is 82.8 Å². The van der Waals surface area contributed by atoms with Gasteiger partial charge in [0, 0.05) is 38.8 Å². The number of aromatic nitrogens is 2. The zero-order chi connectivity index (χ0) is 33.0. The molecule has 236 valence electrons. The van der Waals surface area contributed by atoms with E-state index in [1.54, 1.807) is 0 Å². The van der Waals surface area contributed by atoms with Crippen molar-refractivity contribution in [2.24, 2.45) is 0 Å². The molecule has 10 rings (SSSR count). The highest BCUT2D eigenvalue weighted by Crippen LogP contribution is 2.39. The third-order valence-electron chi connectivity index (χ3n) is 10.4. The van der Waals surface area contributed by atoms with Gasteiger partial charge in [0.05, 0.1) is 22.1 Å². The van der Waals surface area contributed by atoms with Crippen molar-refractivity contribution in [2.75, 3.05) is 0 Å². The summed E-state index contributed by atoms with van der Waals surface area (Å²) in [4.78, 5) is 0. The lowest BCUT2D eigenvalue weighted by atomic mass is 9.87. The van der Waals surface area contributed by atoms with Crippen LogP contribution in [0.1, 0.15) is 17.9 Å². The van der Waals surface area contributed by atoms with Crippen LogP contribution in [0.15, 0.2) is 188 Å². The second kappa shape index (κ2) is 11.6. The molecular weight excluding hydrogens is 605 g/mol. The average Bonchev–Trinajstić information content (AvgIpc) is 3.71. The molecule has 9 aromatic rings. The molecule has 0 saturated carbocycles. The van der Waals surface area contributed by atoms with Gasteiger partial charge in [0.2, 0.25) is 0 Å². The molecule has 0 spiro atoms. The van der Waals surface area contributed by atoms with Gasteiger partial charge in [0.1, 0.15) is 0 Å². The van der Waals surface area contributed by atoms with E-state index in [2.05, 4.69) is 197 Å². The van der Waals surface area contributed by atoms with Gasteiger partial charge in [-0.3, -0.25) is 0 Å². The standard InChI is InChI=1S/C48H34N2/c1-2-12-33(13-3-1)36-30-37(34-22-26-39(27-23-34)49-45-18-8-4-14-41(45)42-15-5-9-19-46(42)49)32-38(31-36)35-24-28-40(29-25-35)50-47-20-10-6-16-43(47)44-17-7-11-21-48(44)50/h1-24,26-32,35H,25H2. The molecule has 50 heavy (non-hydrogen) atoms. The molecule has 0 amide bonds. The highest BCUT2D eigenvalue weighted by molar-refractivity contribution is 6.11. The van der Waals surface area contributed by atoms with Gasteiger partial charge in [-0.2, -0.15) is 0 Å². The molecule has 0 N–H and O–H groups in total. The Morgan fingerprint density at radius 2 is 0.860 bits per heavy atom. The van der Waals surface area contributed by atoms with E-state index < -0.39 is 0 Å². The Morgan fingerprint density at radius 3 is 1.36 bits per heavy atom. The first-order valence-corrected chi connectivity index (χ1v) is 17.5. The molecule has 0 fully saturated rings. The van der Waals surface area contributed by atoms with E-state index in [-0.39, 0.29) is 5.92 Å². The van der Waals surface area contributed by atoms with E-state index in [0.717, 1.165) is 6.42 Å². The van der Waals surface area contributed by atoms with Crippen LogP contribution in [0.2, 0.25) is 0 Å². The Morgan fingerprint density at radius 1 is 0.400 bits per heavy atom. The maximum Gasteiger partial charge on any atom is 0.0541 e. The molecule has 1 aliphatic carbocycles. The van der Waals surface area contributed by atoms with E-state index in [4.69, 9.17) is 0 Å². The summed E-state index contributed by atoms with van der Waals surface area (Å²) in [5.74, 6) is 0.283. The molecule has 1 aliphatic rings. The monoisotopic (exact) mass is 638 g/mol. The predicted octanol–water partition coefficient (Wildman–Crippen LogP) is 12.8. The van der Waals surface area contributed by atoms with Gasteiger partial charge in [0.25, 0.3) is 0 Å². The fraction of sp³-hybridized carbons (Fsp3) is 0.0417. The zero-order valence-corrected chi connectivity index (χ0v) is 27.6. The maximum absolute atomic E-state index is 2.42. The normalized spacial score (nSPS) is 14.6. The molecule has 1 unspecified atom stereocenters. The second-order valence-corrected chi connectivity index (χ2v) is 13.3. The van der Waals surface area contributed by atoms with Crippen molar-refractivity contribution >= 4 is 49.3 Å². The lowest BCUT2D eigenvalue weighted by Crippen LogP contribution is -2.03. The molecular formula is C48H34N2. The first-order chi connectivity index (χ1) is 24.8. The Hall–Kier alpha value is -6.38. The molecule has 2 aromatic heterocycles. The minimum Gasteiger partial charge on any atom is -0.310 e. The van der Waals surface area contributed by atoms with Crippen molar-refractivity contribution in [3.05, 3.63) is 194 Å². The van der Waals surface area contributed by atoms with Crippen LogP contribution in [0.5, 0.6) is 0 Å². The van der Waals surface area contributed by atoms with Gasteiger partial charge in [-0.25, -0.2) is 0 Å². The number of allylic oxidation sites excluding steroid dienone is 4. The maximum atomic E-state index is 2.42. The topological polar surface area (TPSA) is 9.86 Å². The van der Waals surface area contributed by atoms with Crippen molar-refractivity contribution in [2.45, 2.75) is 12.3 Å². The number of fused-ring (bicyclic) bond motifs is 6. The Balaban J connectivity index is 1.03. The summed E-state index contributed by atoms with van der Waals surface area (Å²) in [6.07, 6.45) is 8.08. The van der Waals surface area contributed by atoms with E-state index in [9.17, 15) is 0 Å². The molecule has 2 heteroatoms. The van der Waals surface area contributed by atoms with Crippen molar-refractivity contribution in [3.8, 4) is 27.9 Å². The zero-order valence-electron chi connectivity index (χ0n) is 27.6. The van der Waals surface area contributed by atoms with Crippen LogP contribution in [0, 0.1) is 0 Å². The number of hydrogen-bond donors (Lipinski definition) is 0. The molecule has 0 aliphatic heterocycles. The van der Waals surface area contributed by atoms with Crippen LogP contribution in [-0.2, 0) is 0 Å². The fourth-order valence-electron chi connectivity index (χ4n) is 8.06. The molecule has 7 aromatic carbocycles. The van der Waals surface area contributed by atoms with Gasteiger partial charge in [-0.05, 0) is 82.8 Å². The SMILES string of the molecule is C1=CC(c2cc(-c3ccccc3)cc(-c3ccc(-n4c5ccccc5c5ccccc54)cc3)c2)CC=C1n1c2ccccc2c2ccccc21. The summed E-state index contributed by atoms with van der Waals surface area (Å²) in [6.45, 7) is 0. The minimum atomic E-state index is 0.283. The highest BCUT2D eigenvalue weighted by atomic mass is 15.0. The van der Waals surface area contributed by atoms with Gasteiger partial charge >= 0.3 is 0 Å². The first-order valence-electron chi connectivity index (χ1n) is 17.5. The second-order valence-electron chi connectivity index (χ2n) is 13.3. The van der Waals surface area contributed by atoms with Crippen LogP contribution in [0.25, 0.3) is 77.2 Å². The number of benzene rings is 7. The third kappa shape index (κ3) is 4.64. The van der Waals surface area contributed by atoms with Crippen molar-refractivity contribution < 1.29 is 0 Å². The molecule has 1 atom stereocenters. The van der Waals surface area contributed by atoms with Gasteiger partial charge in [-0.15, -0.1) is 0 Å². The van der Waals surface area contributed by atoms with Crippen molar-refractivity contribution in [1.82, 2.24) is 9.13 Å². The lowest BCUT2D eigenvalue weighted by Gasteiger charge is -2.20. The summed E-state index contributed by atoms with van der Waals surface area (Å²) < 4.78 is 4.80. The Kier molecular flexibility index (Phi) is 6.67. The molecule has 2 nitrogen and oxygen atoms in total. The highest BCUT2D eigenvalue weighted by Gasteiger charge is 2.18. The first kappa shape index (κ1) is 28.6. The minimum absolute atomic E-state index is 0.283. The number of hydrogen-bond acceptors (Lipinski definition) is 0. The van der Waals surface area contributed by atoms with Crippen molar-refractivity contribution in [3.63, 3.8) is 0 Å². The number of rotatable bonds is 5. The lowest BCUT2D eigenvalue weighted by molar-refractivity contribution is 0.851. The fourth-order valence-corrected chi connectivity index (χ4v) is 8.06.